The molecule has 2 aromatic rings. The van der Waals surface area contributed by atoms with Gasteiger partial charge in [-0.2, -0.15) is 0 Å². The van der Waals surface area contributed by atoms with Crippen LogP contribution in [0.4, 0.5) is 4.39 Å². The van der Waals surface area contributed by atoms with Gasteiger partial charge in [0.2, 0.25) is 0 Å². The molecule has 0 bridgehead atoms. The first-order chi connectivity index (χ1) is 8.13. The van der Waals surface area contributed by atoms with E-state index in [4.69, 9.17) is 16.3 Å². The lowest BCUT2D eigenvalue weighted by Gasteiger charge is -2.06. The Bertz CT molecular complexity index is 498. The number of pyridine rings is 1. The molecule has 0 radical (unpaired) electrons. The van der Waals surface area contributed by atoms with E-state index in [9.17, 15) is 4.39 Å². The van der Waals surface area contributed by atoms with Crippen molar-refractivity contribution in [2.45, 2.75) is 6.61 Å². The Morgan fingerprint density at radius 3 is 2.76 bits per heavy atom. The number of ether oxygens (including phenoxy) is 1. The van der Waals surface area contributed by atoms with Gasteiger partial charge in [0.25, 0.3) is 0 Å². The first kappa shape index (κ1) is 12.3. The van der Waals surface area contributed by atoms with Gasteiger partial charge in [-0.05, 0) is 35.9 Å². The van der Waals surface area contributed by atoms with Crippen LogP contribution in [0.3, 0.4) is 0 Å². The van der Waals surface area contributed by atoms with Crippen molar-refractivity contribution in [3.8, 4) is 5.75 Å². The Labute approximate surface area is 112 Å². The fourth-order valence-corrected chi connectivity index (χ4v) is 1.93. The molecule has 0 unspecified atom stereocenters. The minimum atomic E-state index is -0.299. The molecule has 2 rings (SSSR count). The van der Waals surface area contributed by atoms with Crippen LogP contribution in [0.15, 0.2) is 41.0 Å². The van der Waals surface area contributed by atoms with E-state index >= 15 is 0 Å². The molecule has 1 aromatic carbocycles. The van der Waals surface area contributed by atoms with Gasteiger partial charge in [0, 0.05) is 4.47 Å². The van der Waals surface area contributed by atoms with Crippen LogP contribution in [0.2, 0.25) is 5.15 Å². The fraction of sp³-hybridized carbons (Fsp3) is 0.0833. The van der Waals surface area contributed by atoms with Crippen molar-refractivity contribution in [3.63, 3.8) is 0 Å². The van der Waals surface area contributed by atoms with E-state index in [1.54, 1.807) is 18.2 Å². The summed E-state index contributed by atoms with van der Waals surface area (Å²) in [6.45, 7) is 0.277. The van der Waals surface area contributed by atoms with Crippen LogP contribution in [0.1, 0.15) is 5.56 Å². The zero-order valence-electron chi connectivity index (χ0n) is 8.66. The molecule has 0 saturated carbocycles. The highest BCUT2D eigenvalue weighted by Crippen LogP contribution is 2.18. The van der Waals surface area contributed by atoms with Gasteiger partial charge in [-0.3, -0.25) is 0 Å². The lowest BCUT2D eigenvalue weighted by molar-refractivity contribution is 0.304. The number of benzene rings is 1. The minimum Gasteiger partial charge on any atom is -0.487 e. The summed E-state index contributed by atoms with van der Waals surface area (Å²) in [5.41, 5.74) is 0.742. The van der Waals surface area contributed by atoms with Crippen molar-refractivity contribution >= 4 is 27.5 Å². The Hall–Kier alpha value is -1.13. The molecule has 1 aromatic heterocycles. The summed E-state index contributed by atoms with van der Waals surface area (Å²) in [7, 11) is 0. The monoisotopic (exact) mass is 315 g/mol. The maximum atomic E-state index is 13.1. The van der Waals surface area contributed by atoms with E-state index in [1.165, 1.54) is 18.3 Å². The smallest absolute Gasteiger partial charge is 0.138 e. The zero-order chi connectivity index (χ0) is 12.3. The van der Waals surface area contributed by atoms with Crippen molar-refractivity contribution in [1.82, 2.24) is 4.98 Å². The van der Waals surface area contributed by atoms with Gasteiger partial charge in [-0.25, -0.2) is 9.37 Å². The van der Waals surface area contributed by atoms with Crippen molar-refractivity contribution in [2.24, 2.45) is 0 Å². The largest absolute Gasteiger partial charge is 0.487 e. The van der Waals surface area contributed by atoms with Gasteiger partial charge >= 0.3 is 0 Å². The standard InChI is InChI=1S/C12H8BrClFNO/c13-9-3-8(4-10(15)5-9)7-17-11-1-2-12(14)16-6-11/h1-6H,7H2. The van der Waals surface area contributed by atoms with Crippen molar-refractivity contribution in [2.75, 3.05) is 0 Å². The number of nitrogens with zero attached hydrogens (tertiary/aromatic N) is 1. The summed E-state index contributed by atoms with van der Waals surface area (Å²) < 4.78 is 19.2. The molecule has 0 saturated heterocycles. The van der Waals surface area contributed by atoms with Gasteiger partial charge in [0.15, 0.2) is 0 Å². The second kappa shape index (κ2) is 5.47. The molecule has 1 heterocycles. The van der Waals surface area contributed by atoms with E-state index in [1.807, 2.05) is 0 Å². The Balaban J connectivity index is 2.04. The molecular formula is C12H8BrClFNO. The number of hydrogen-bond donors (Lipinski definition) is 0. The molecule has 0 aliphatic carbocycles. The molecule has 0 N–H and O–H groups in total. The third-order valence-corrected chi connectivity index (χ3v) is 2.71. The van der Waals surface area contributed by atoms with Crippen LogP contribution in [0.5, 0.6) is 5.75 Å². The molecule has 0 spiro atoms. The number of hydrogen-bond acceptors (Lipinski definition) is 2. The quantitative estimate of drug-likeness (QED) is 0.791. The second-order valence-electron chi connectivity index (χ2n) is 3.38. The predicted octanol–water partition coefficient (Wildman–Crippen LogP) is 4.22. The predicted molar refractivity (Wildman–Crippen MR) is 67.7 cm³/mol. The topological polar surface area (TPSA) is 22.1 Å². The summed E-state index contributed by atoms with van der Waals surface area (Å²) in [4.78, 5) is 3.88. The van der Waals surface area contributed by atoms with Crippen LogP contribution in [0, 0.1) is 5.82 Å². The highest BCUT2D eigenvalue weighted by Gasteiger charge is 2.01. The highest BCUT2D eigenvalue weighted by molar-refractivity contribution is 9.10. The van der Waals surface area contributed by atoms with Crippen LogP contribution in [-0.4, -0.2) is 4.98 Å². The van der Waals surface area contributed by atoms with E-state index in [0.717, 1.165) is 5.56 Å². The Kier molecular flexibility index (Phi) is 3.97. The molecule has 2 nitrogen and oxygen atoms in total. The Morgan fingerprint density at radius 1 is 1.29 bits per heavy atom. The van der Waals surface area contributed by atoms with Gasteiger partial charge in [-0.1, -0.05) is 27.5 Å². The lowest BCUT2D eigenvalue weighted by atomic mass is 10.2. The van der Waals surface area contributed by atoms with E-state index in [0.29, 0.717) is 15.4 Å². The third kappa shape index (κ3) is 3.68. The number of aromatic nitrogens is 1. The molecule has 0 amide bonds. The average Bonchev–Trinajstić information content (AvgIpc) is 2.27. The maximum absolute atomic E-state index is 13.1. The van der Waals surface area contributed by atoms with Crippen LogP contribution < -0.4 is 4.74 Å². The zero-order valence-corrected chi connectivity index (χ0v) is 11.0. The Morgan fingerprint density at radius 2 is 2.12 bits per heavy atom. The third-order valence-electron chi connectivity index (χ3n) is 2.03. The maximum Gasteiger partial charge on any atom is 0.138 e. The van der Waals surface area contributed by atoms with Crippen LogP contribution in [0.25, 0.3) is 0 Å². The molecule has 0 atom stereocenters. The average molecular weight is 317 g/mol. The van der Waals surface area contributed by atoms with Crippen molar-refractivity contribution in [1.29, 1.82) is 0 Å². The highest BCUT2D eigenvalue weighted by atomic mass is 79.9. The summed E-state index contributed by atoms with van der Waals surface area (Å²) in [6, 6.07) is 7.97. The summed E-state index contributed by atoms with van der Waals surface area (Å²) in [5, 5.41) is 0.408. The first-order valence-electron chi connectivity index (χ1n) is 4.83. The molecule has 0 aliphatic heterocycles. The molecule has 88 valence electrons. The van der Waals surface area contributed by atoms with Crippen molar-refractivity contribution < 1.29 is 9.13 Å². The lowest BCUT2D eigenvalue weighted by Crippen LogP contribution is -1.96. The summed E-state index contributed by atoms with van der Waals surface area (Å²) in [6.07, 6.45) is 1.52. The molecule has 0 aliphatic rings. The SMILES string of the molecule is Fc1cc(Br)cc(COc2ccc(Cl)nc2)c1. The van der Waals surface area contributed by atoms with Crippen molar-refractivity contribution in [3.05, 3.63) is 57.5 Å². The normalized spacial score (nSPS) is 10.3. The van der Waals surface area contributed by atoms with E-state index in [2.05, 4.69) is 20.9 Å². The van der Waals surface area contributed by atoms with Crippen LogP contribution >= 0.6 is 27.5 Å². The van der Waals surface area contributed by atoms with Gasteiger partial charge in [0.1, 0.15) is 23.3 Å². The molecule has 0 fully saturated rings. The molecular weight excluding hydrogens is 308 g/mol. The summed E-state index contributed by atoms with van der Waals surface area (Å²) in [5.74, 6) is 0.294. The number of rotatable bonds is 3. The van der Waals surface area contributed by atoms with E-state index < -0.39 is 0 Å². The van der Waals surface area contributed by atoms with Gasteiger partial charge in [-0.15, -0.1) is 0 Å². The number of halogens is 3. The summed E-state index contributed by atoms with van der Waals surface area (Å²) >= 11 is 8.87. The molecule has 5 heteroatoms. The van der Waals surface area contributed by atoms with E-state index in [-0.39, 0.29) is 12.4 Å². The van der Waals surface area contributed by atoms with Gasteiger partial charge < -0.3 is 4.74 Å². The molecule has 17 heavy (non-hydrogen) atoms. The minimum absolute atomic E-state index is 0.277. The fourth-order valence-electron chi connectivity index (χ4n) is 1.31. The first-order valence-corrected chi connectivity index (χ1v) is 6.00. The van der Waals surface area contributed by atoms with Gasteiger partial charge in [0.05, 0.1) is 6.20 Å². The second-order valence-corrected chi connectivity index (χ2v) is 4.69. The van der Waals surface area contributed by atoms with Crippen LogP contribution in [-0.2, 0) is 6.61 Å².